The Morgan fingerprint density at radius 3 is 2.47 bits per heavy atom. The van der Waals surface area contributed by atoms with Crippen molar-refractivity contribution in [3.8, 4) is 11.5 Å². The minimum atomic E-state index is -3.80. The van der Waals surface area contributed by atoms with Gasteiger partial charge >= 0.3 is 0 Å². The van der Waals surface area contributed by atoms with Crippen molar-refractivity contribution >= 4 is 31.9 Å². The summed E-state index contributed by atoms with van der Waals surface area (Å²) in [5.74, 6) is 1.22. The molecule has 1 unspecified atom stereocenters. The van der Waals surface area contributed by atoms with Crippen LogP contribution in [-0.2, 0) is 26.6 Å². The third-order valence-corrected chi connectivity index (χ3v) is 8.26. The second-order valence-electron chi connectivity index (χ2n) is 7.14. The number of rotatable bonds is 7. The maximum atomic E-state index is 13.3. The van der Waals surface area contributed by atoms with Gasteiger partial charge in [-0.1, -0.05) is 0 Å². The molecule has 0 bridgehead atoms. The number of aromatic nitrogens is 3. The molecule has 0 N–H and O–H groups in total. The largest absolute Gasteiger partial charge is 0.497 e. The van der Waals surface area contributed by atoms with E-state index in [0.717, 1.165) is 15.1 Å². The molecule has 2 aromatic heterocycles. The summed E-state index contributed by atoms with van der Waals surface area (Å²) in [6, 6.07) is 4.89. The fraction of sp³-hybridized carbons (Fsp3) is 0.400. The highest BCUT2D eigenvalue weighted by Crippen LogP contribution is 2.29. The average molecular weight is 452 g/mol. The monoisotopic (exact) mass is 451 g/mol. The second kappa shape index (κ2) is 8.35. The molecule has 0 radical (unpaired) electrons. The van der Waals surface area contributed by atoms with Gasteiger partial charge in [-0.15, -0.1) is 0 Å². The normalized spacial score (nSPS) is 13.0. The predicted molar refractivity (Wildman–Crippen MR) is 116 cm³/mol. The molecule has 1 atom stereocenters. The highest BCUT2D eigenvalue weighted by atomic mass is 32.2. The zero-order valence-corrected chi connectivity index (χ0v) is 19.4. The molecule has 0 aliphatic heterocycles. The van der Waals surface area contributed by atoms with Crippen LogP contribution in [-0.4, -0.2) is 46.0 Å². The van der Waals surface area contributed by atoms with E-state index in [1.807, 2.05) is 13.8 Å². The minimum absolute atomic E-state index is 0.0105. The van der Waals surface area contributed by atoms with Crippen LogP contribution in [0.3, 0.4) is 0 Å². The highest BCUT2D eigenvalue weighted by molar-refractivity contribution is 7.91. The molecule has 10 heteroatoms. The fourth-order valence-corrected chi connectivity index (χ4v) is 5.97. The maximum Gasteiger partial charge on any atom is 0.243 e. The van der Waals surface area contributed by atoms with Crippen LogP contribution in [0.4, 0.5) is 0 Å². The first-order valence-corrected chi connectivity index (χ1v) is 12.1. The van der Waals surface area contributed by atoms with Crippen molar-refractivity contribution in [3.05, 3.63) is 41.2 Å². The Balaban J connectivity index is 2.16. The van der Waals surface area contributed by atoms with Crippen molar-refractivity contribution in [3.63, 3.8) is 0 Å². The Morgan fingerprint density at radius 2 is 1.87 bits per heavy atom. The van der Waals surface area contributed by atoms with Gasteiger partial charge in [-0.05, 0) is 39.8 Å². The molecule has 3 rings (SSSR count). The van der Waals surface area contributed by atoms with Crippen molar-refractivity contribution < 1.29 is 22.1 Å². The fourth-order valence-electron chi connectivity index (χ4n) is 3.15. The number of benzene rings is 1. The molecule has 0 fully saturated rings. The number of fused-ring (bicyclic) bond motifs is 1. The van der Waals surface area contributed by atoms with Crippen LogP contribution in [0.2, 0.25) is 0 Å². The summed E-state index contributed by atoms with van der Waals surface area (Å²) in [5.41, 5.74) is 2.95. The number of aryl methyl sites for hydroxylation is 1. The zero-order valence-electron chi connectivity index (χ0n) is 17.8. The maximum absolute atomic E-state index is 13.3. The van der Waals surface area contributed by atoms with E-state index >= 15 is 0 Å². The number of methoxy groups -OCH3 is 2. The number of hydrogen-bond acceptors (Lipinski definition) is 7. The van der Waals surface area contributed by atoms with Gasteiger partial charge in [-0.2, -0.15) is 0 Å². The van der Waals surface area contributed by atoms with Crippen LogP contribution in [0.1, 0.15) is 30.7 Å². The van der Waals surface area contributed by atoms with E-state index in [1.165, 1.54) is 7.11 Å². The Labute approximate surface area is 178 Å². The van der Waals surface area contributed by atoms with Gasteiger partial charge in [0.15, 0.2) is 0 Å². The van der Waals surface area contributed by atoms with Gasteiger partial charge in [0, 0.05) is 23.4 Å². The smallest absolute Gasteiger partial charge is 0.243 e. The number of ether oxygens (including phenoxy) is 2. The SMILES string of the molecule is COc1ccc2c(c1)nc(S(=O)Cc1ncc(C)c(OC)c1C)n2S(=O)(=O)C(C)C. The van der Waals surface area contributed by atoms with Crippen LogP contribution < -0.4 is 9.47 Å². The molecular weight excluding hydrogens is 426 g/mol. The van der Waals surface area contributed by atoms with E-state index in [0.29, 0.717) is 28.2 Å². The number of nitrogens with zero attached hydrogens (tertiary/aromatic N) is 3. The summed E-state index contributed by atoms with van der Waals surface area (Å²) < 4.78 is 51.2. The van der Waals surface area contributed by atoms with Crippen LogP contribution in [0.25, 0.3) is 11.0 Å². The Morgan fingerprint density at radius 1 is 1.17 bits per heavy atom. The lowest BCUT2D eigenvalue weighted by atomic mass is 10.1. The average Bonchev–Trinajstić information content (AvgIpc) is 3.09. The summed E-state index contributed by atoms with van der Waals surface area (Å²) in [5, 5.41) is -0.750. The Kier molecular flexibility index (Phi) is 6.19. The quantitative estimate of drug-likeness (QED) is 0.544. The standard InChI is InChI=1S/C20H25N3O5S2/c1-12(2)30(25,26)23-18-8-7-15(27-5)9-16(18)22-20(23)29(24)11-17-14(4)19(28-6)13(3)10-21-17/h7-10,12H,11H2,1-6H3. The number of pyridine rings is 1. The topological polar surface area (TPSA) is 100 Å². The Bertz CT molecular complexity index is 1230. The van der Waals surface area contributed by atoms with E-state index in [-0.39, 0.29) is 10.9 Å². The number of imidazole rings is 1. The van der Waals surface area contributed by atoms with Gasteiger partial charge < -0.3 is 9.47 Å². The second-order valence-corrected chi connectivity index (χ2v) is 10.8. The highest BCUT2D eigenvalue weighted by Gasteiger charge is 2.29. The van der Waals surface area contributed by atoms with Crippen LogP contribution in [0, 0.1) is 13.8 Å². The van der Waals surface area contributed by atoms with Crippen LogP contribution >= 0.6 is 0 Å². The Hall–Kier alpha value is -2.46. The molecule has 0 saturated carbocycles. The first kappa shape index (κ1) is 22.2. The summed E-state index contributed by atoms with van der Waals surface area (Å²) >= 11 is 0. The van der Waals surface area contributed by atoms with Crippen molar-refractivity contribution in [2.75, 3.05) is 14.2 Å². The summed E-state index contributed by atoms with van der Waals surface area (Å²) in [4.78, 5) is 8.78. The zero-order chi connectivity index (χ0) is 22.2. The van der Waals surface area contributed by atoms with E-state index < -0.39 is 26.1 Å². The molecule has 30 heavy (non-hydrogen) atoms. The molecule has 162 valence electrons. The van der Waals surface area contributed by atoms with Gasteiger partial charge in [0.2, 0.25) is 15.2 Å². The van der Waals surface area contributed by atoms with Gasteiger partial charge in [-0.3, -0.25) is 9.19 Å². The first-order chi connectivity index (χ1) is 14.1. The lowest BCUT2D eigenvalue weighted by molar-refractivity contribution is 0.407. The molecule has 3 aromatic rings. The first-order valence-electron chi connectivity index (χ1n) is 9.30. The van der Waals surface area contributed by atoms with Crippen molar-refractivity contribution in [2.24, 2.45) is 0 Å². The molecule has 0 aliphatic carbocycles. The minimum Gasteiger partial charge on any atom is -0.497 e. The molecule has 0 aliphatic rings. The molecular formula is C20H25N3O5S2. The number of hydrogen-bond donors (Lipinski definition) is 0. The van der Waals surface area contributed by atoms with Crippen LogP contribution in [0.5, 0.6) is 11.5 Å². The molecule has 2 heterocycles. The lowest BCUT2D eigenvalue weighted by Gasteiger charge is -2.14. The summed E-state index contributed by atoms with van der Waals surface area (Å²) in [6.07, 6.45) is 1.65. The van der Waals surface area contributed by atoms with Crippen molar-refractivity contribution in [2.45, 2.75) is 43.9 Å². The summed E-state index contributed by atoms with van der Waals surface area (Å²) in [7, 11) is -2.48. The molecule has 8 nitrogen and oxygen atoms in total. The molecule has 0 saturated heterocycles. The van der Waals surface area contributed by atoms with Crippen LogP contribution in [0.15, 0.2) is 29.6 Å². The molecule has 1 aromatic carbocycles. The van der Waals surface area contributed by atoms with Gasteiger partial charge in [-0.25, -0.2) is 17.4 Å². The molecule has 0 amide bonds. The van der Waals surface area contributed by atoms with Gasteiger partial charge in [0.1, 0.15) is 11.5 Å². The van der Waals surface area contributed by atoms with E-state index in [2.05, 4.69) is 9.97 Å². The molecule has 0 spiro atoms. The van der Waals surface area contributed by atoms with E-state index in [1.54, 1.807) is 45.4 Å². The van der Waals surface area contributed by atoms with Gasteiger partial charge in [0.25, 0.3) is 0 Å². The third kappa shape index (κ3) is 3.81. The summed E-state index contributed by atoms with van der Waals surface area (Å²) in [6.45, 7) is 6.87. The van der Waals surface area contributed by atoms with Gasteiger partial charge in [0.05, 0.1) is 52.7 Å². The third-order valence-electron chi connectivity index (χ3n) is 4.86. The van der Waals surface area contributed by atoms with Crippen molar-refractivity contribution in [1.29, 1.82) is 0 Å². The predicted octanol–water partition coefficient (Wildman–Crippen LogP) is 2.96. The van der Waals surface area contributed by atoms with E-state index in [9.17, 15) is 12.6 Å². The van der Waals surface area contributed by atoms with E-state index in [4.69, 9.17) is 9.47 Å². The van der Waals surface area contributed by atoms with Crippen molar-refractivity contribution in [1.82, 2.24) is 13.9 Å². The lowest BCUT2D eigenvalue weighted by Crippen LogP contribution is -2.25.